The first-order chi connectivity index (χ1) is 9.15. The van der Waals surface area contributed by atoms with E-state index in [1.807, 2.05) is 42.8 Å². The quantitative estimate of drug-likeness (QED) is 0.710. The van der Waals surface area contributed by atoms with Crippen molar-refractivity contribution < 1.29 is 0 Å². The third-order valence-corrected chi connectivity index (χ3v) is 3.17. The van der Waals surface area contributed by atoms with Crippen molar-refractivity contribution in [1.29, 1.82) is 0 Å². The first-order valence-corrected chi connectivity index (χ1v) is 6.15. The van der Waals surface area contributed by atoms with Gasteiger partial charge in [-0.25, -0.2) is 9.67 Å². The van der Waals surface area contributed by atoms with Crippen LogP contribution in [0.3, 0.4) is 0 Å². The molecule has 0 saturated heterocycles. The van der Waals surface area contributed by atoms with Crippen LogP contribution in [-0.4, -0.2) is 19.7 Å². The molecule has 0 radical (unpaired) electrons. The van der Waals surface area contributed by atoms with E-state index in [2.05, 4.69) is 15.1 Å². The highest BCUT2D eigenvalue weighted by atomic mass is 15.3. The lowest BCUT2D eigenvalue weighted by Crippen LogP contribution is -2.05. The van der Waals surface area contributed by atoms with Crippen molar-refractivity contribution in [3.8, 4) is 0 Å². The van der Waals surface area contributed by atoms with Gasteiger partial charge in [0.2, 0.25) is 0 Å². The number of aryl methyl sites for hydroxylation is 2. The summed E-state index contributed by atoms with van der Waals surface area (Å²) in [6, 6.07) is 7.80. The van der Waals surface area contributed by atoms with Crippen LogP contribution in [0.4, 0.5) is 5.69 Å². The largest absolute Gasteiger partial charge is 0.398 e. The Bertz CT molecular complexity index is 745. The summed E-state index contributed by atoms with van der Waals surface area (Å²) in [4.78, 5) is 8.74. The Balaban J connectivity index is 2.11. The van der Waals surface area contributed by atoms with Crippen LogP contribution in [0, 0.1) is 13.8 Å². The number of nitrogen functional groups attached to an aromatic ring is 1. The molecule has 19 heavy (non-hydrogen) atoms. The number of hydrogen-bond donors (Lipinski definition) is 1. The molecule has 2 heterocycles. The number of aromatic nitrogens is 4. The maximum Gasteiger partial charge on any atom is 0.147 e. The van der Waals surface area contributed by atoms with Crippen molar-refractivity contribution >= 4 is 16.6 Å². The normalized spacial score (nSPS) is 11.1. The number of nitrogens with two attached hydrogens (primary N) is 1. The van der Waals surface area contributed by atoms with Crippen LogP contribution in [0.1, 0.15) is 17.2 Å². The molecule has 0 atom stereocenters. The Morgan fingerprint density at radius 3 is 2.79 bits per heavy atom. The lowest BCUT2D eigenvalue weighted by Gasteiger charge is -2.08. The molecule has 96 valence electrons. The molecule has 0 amide bonds. The average Bonchev–Trinajstić information content (AvgIpc) is 2.72. The molecule has 0 aliphatic rings. The molecule has 3 aromatic rings. The van der Waals surface area contributed by atoms with Crippen LogP contribution >= 0.6 is 0 Å². The highest BCUT2D eigenvalue weighted by molar-refractivity contribution is 5.92. The molecule has 0 fully saturated rings. The van der Waals surface area contributed by atoms with Crippen LogP contribution in [0.25, 0.3) is 10.9 Å². The summed E-state index contributed by atoms with van der Waals surface area (Å²) in [5.74, 6) is 1.68. The lowest BCUT2D eigenvalue weighted by atomic mass is 10.1. The number of rotatable bonds is 2. The van der Waals surface area contributed by atoms with Crippen LogP contribution in [0.15, 0.2) is 30.5 Å². The van der Waals surface area contributed by atoms with Gasteiger partial charge in [0.05, 0.1) is 12.1 Å². The second-order valence-electron chi connectivity index (χ2n) is 4.58. The van der Waals surface area contributed by atoms with E-state index < -0.39 is 0 Å². The van der Waals surface area contributed by atoms with Crippen molar-refractivity contribution in [2.45, 2.75) is 20.4 Å². The van der Waals surface area contributed by atoms with Gasteiger partial charge in [-0.2, -0.15) is 5.10 Å². The minimum Gasteiger partial charge on any atom is -0.398 e. The van der Waals surface area contributed by atoms with E-state index in [9.17, 15) is 0 Å². The predicted octanol–water partition coefficient (Wildman–Crippen LogP) is 2.07. The number of fused-ring (bicyclic) bond motifs is 1. The molecule has 0 spiro atoms. The Labute approximate surface area is 111 Å². The fourth-order valence-electron chi connectivity index (χ4n) is 2.25. The molecule has 0 aliphatic carbocycles. The lowest BCUT2D eigenvalue weighted by molar-refractivity contribution is 0.658. The average molecular weight is 253 g/mol. The smallest absolute Gasteiger partial charge is 0.147 e. The van der Waals surface area contributed by atoms with Crippen LogP contribution in [-0.2, 0) is 6.54 Å². The third-order valence-electron chi connectivity index (χ3n) is 3.17. The third kappa shape index (κ3) is 2.03. The summed E-state index contributed by atoms with van der Waals surface area (Å²) in [5.41, 5.74) is 8.75. The molecular weight excluding hydrogens is 238 g/mol. The fourth-order valence-corrected chi connectivity index (χ4v) is 2.25. The van der Waals surface area contributed by atoms with E-state index in [4.69, 9.17) is 5.73 Å². The van der Waals surface area contributed by atoms with Crippen LogP contribution in [0.2, 0.25) is 0 Å². The second kappa shape index (κ2) is 4.35. The summed E-state index contributed by atoms with van der Waals surface area (Å²) in [6.45, 7) is 4.50. The number of hydrogen-bond acceptors (Lipinski definition) is 4. The molecule has 0 saturated carbocycles. The monoisotopic (exact) mass is 253 g/mol. The number of benzene rings is 1. The summed E-state index contributed by atoms with van der Waals surface area (Å²) < 4.78 is 1.88. The van der Waals surface area contributed by atoms with Gasteiger partial charge in [-0.1, -0.05) is 6.07 Å². The van der Waals surface area contributed by atoms with Crippen molar-refractivity contribution in [3.05, 3.63) is 47.7 Å². The molecule has 5 nitrogen and oxygen atoms in total. The minimum absolute atomic E-state index is 0.653. The summed E-state index contributed by atoms with van der Waals surface area (Å²) >= 11 is 0. The SMILES string of the molecule is Cc1nc(C)n(Cc2ccc(N)c3cccnc23)n1. The Morgan fingerprint density at radius 1 is 1.21 bits per heavy atom. The Morgan fingerprint density at radius 2 is 2.05 bits per heavy atom. The van der Waals surface area contributed by atoms with E-state index >= 15 is 0 Å². The highest BCUT2D eigenvalue weighted by Crippen LogP contribution is 2.23. The van der Waals surface area contributed by atoms with Crippen molar-refractivity contribution in [1.82, 2.24) is 19.7 Å². The number of pyridine rings is 1. The van der Waals surface area contributed by atoms with Gasteiger partial charge in [0.25, 0.3) is 0 Å². The topological polar surface area (TPSA) is 69.6 Å². The van der Waals surface area contributed by atoms with E-state index in [1.165, 1.54) is 0 Å². The van der Waals surface area contributed by atoms with Gasteiger partial charge in [-0.3, -0.25) is 4.98 Å². The molecule has 5 heteroatoms. The fraction of sp³-hybridized carbons (Fsp3) is 0.214. The first kappa shape index (κ1) is 11.6. The van der Waals surface area contributed by atoms with E-state index in [1.54, 1.807) is 6.20 Å². The van der Waals surface area contributed by atoms with Crippen molar-refractivity contribution in [2.75, 3.05) is 5.73 Å². The van der Waals surface area contributed by atoms with Crippen LogP contribution < -0.4 is 5.73 Å². The number of nitrogens with zero attached hydrogens (tertiary/aromatic N) is 4. The maximum absolute atomic E-state index is 5.98. The zero-order valence-corrected chi connectivity index (χ0v) is 11.0. The predicted molar refractivity (Wildman–Crippen MR) is 74.8 cm³/mol. The van der Waals surface area contributed by atoms with E-state index in [-0.39, 0.29) is 0 Å². The van der Waals surface area contributed by atoms with Gasteiger partial charge in [-0.15, -0.1) is 0 Å². The summed E-state index contributed by atoms with van der Waals surface area (Å²) in [5, 5.41) is 5.36. The standard InChI is InChI=1S/C14H15N5/c1-9-17-10(2)19(18-9)8-11-5-6-13(15)12-4-3-7-16-14(11)12/h3-7H,8,15H2,1-2H3. The van der Waals surface area contributed by atoms with E-state index in [0.29, 0.717) is 6.54 Å². The molecule has 2 N–H and O–H groups in total. The molecule has 1 aromatic carbocycles. The van der Waals surface area contributed by atoms with Crippen molar-refractivity contribution in [2.24, 2.45) is 0 Å². The summed E-state index contributed by atoms with van der Waals surface area (Å²) in [7, 11) is 0. The minimum atomic E-state index is 0.653. The van der Waals surface area contributed by atoms with Gasteiger partial charge in [0.1, 0.15) is 11.6 Å². The van der Waals surface area contributed by atoms with Gasteiger partial charge in [-0.05, 0) is 32.0 Å². The molecule has 0 aliphatic heterocycles. The molecular formula is C14H15N5. The number of anilines is 1. The molecule has 3 rings (SSSR count). The van der Waals surface area contributed by atoms with E-state index in [0.717, 1.165) is 33.8 Å². The van der Waals surface area contributed by atoms with Crippen LogP contribution in [0.5, 0.6) is 0 Å². The van der Waals surface area contributed by atoms with Gasteiger partial charge < -0.3 is 5.73 Å². The van der Waals surface area contributed by atoms with Gasteiger partial charge in [0, 0.05) is 22.8 Å². The zero-order valence-electron chi connectivity index (χ0n) is 11.0. The van der Waals surface area contributed by atoms with Gasteiger partial charge in [0.15, 0.2) is 0 Å². The maximum atomic E-state index is 5.98. The summed E-state index contributed by atoms with van der Waals surface area (Å²) in [6.07, 6.45) is 1.78. The highest BCUT2D eigenvalue weighted by Gasteiger charge is 2.08. The molecule has 0 bridgehead atoms. The van der Waals surface area contributed by atoms with Crippen molar-refractivity contribution in [3.63, 3.8) is 0 Å². The molecule has 2 aromatic heterocycles. The Kier molecular flexibility index (Phi) is 2.67. The van der Waals surface area contributed by atoms with Gasteiger partial charge >= 0.3 is 0 Å². The second-order valence-corrected chi connectivity index (χ2v) is 4.58. The zero-order chi connectivity index (χ0) is 13.4. The molecule has 0 unspecified atom stereocenters. The Hall–Kier alpha value is -2.43. The first-order valence-electron chi connectivity index (χ1n) is 6.15.